The molecule has 2 aliphatic rings. The summed E-state index contributed by atoms with van der Waals surface area (Å²) in [4.78, 5) is 15.2. The Kier molecular flexibility index (Phi) is 6.03. The average molecular weight is 475 g/mol. The number of carboxylic acids is 1. The molecular formula is C24H24F2N2O4S. The van der Waals surface area contributed by atoms with Gasteiger partial charge in [-0.2, -0.15) is 0 Å². The first-order valence-corrected chi connectivity index (χ1v) is 11.9. The first-order chi connectivity index (χ1) is 15.9. The third-order valence-corrected chi connectivity index (χ3v) is 7.24. The second-order valence-corrected chi connectivity index (χ2v) is 9.49. The van der Waals surface area contributed by atoms with Crippen LogP contribution in [0.4, 0.5) is 8.78 Å². The van der Waals surface area contributed by atoms with Crippen LogP contribution in [0.2, 0.25) is 0 Å². The Morgan fingerprint density at radius 3 is 2.55 bits per heavy atom. The van der Waals surface area contributed by atoms with E-state index in [0.717, 1.165) is 30.5 Å². The van der Waals surface area contributed by atoms with Crippen LogP contribution in [0.3, 0.4) is 0 Å². The molecule has 0 unspecified atom stereocenters. The lowest BCUT2D eigenvalue weighted by molar-refractivity contribution is 0.0340. The number of thioether (sulfide) groups is 1. The maximum atomic E-state index is 13.7. The van der Waals surface area contributed by atoms with Gasteiger partial charge in [0.05, 0.1) is 18.8 Å². The highest BCUT2D eigenvalue weighted by Gasteiger charge is 2.33. The fraction of sp³-hybridized carbons (Fsp3) is 0.375. The zero-order valence-electron chi connectivity index (χ0n) is 17.9. The van der Waals surface area contributed by atoms with Crippen molar-refractivity contribution < 1.29 is 28.5 Å². The molecule has 6 nitrogen and oxygen atoms in total. The summed E-state index contributed by atoms with van der Waals surface area (Å²) in [5.74, 6) is -2.55. The molecule has 2 N–H and O–H groups in total. The molecule has 1 aromatic heterocycles. The maximum Gasteiger partial charge on any atom is 0.338 e. The third kappa shape index (κ3) is 4.32. The number of aromatic nitrogens is 1. The van der Waals surface area contributed by atoms with Gasteiger partial charge in [-0.25, -0.2) is 13.6 Å². The van der Waals surface area contributed by atoms with Crippen molar-refractivity contribution in [1.82, 2.24) is 9.47 Å². The van der Waals surface area contributed by atoms with Crippen molar-refractivity contribution >= 4 is 28.6 Å². The number of aromatic hydroxyl groups is 1. The number of ether oxygens (including phenoxy) is 1. The quantitative estimate of drug-likeness (QED) is 0.480. The fourth-order valence-electron chi connectivity index (χ4n) is 4.50. The summed E-state index contributed by atoms with van der Waals surface area (Å²) >= 11 is 1.27. The predicted molar refractivity (Wildman–Crippen MR) is 121 cm³/mol. The van der Waals surface area contributed by atoms with Crippen molar-refractivity contribution in [3.05, 3.63) is 58.8 Å². The summed E-state index contributed by atoms with van der Waals surface area (Å²) in [6, 6.07) is 7.30. The molecule has 0 atom stereocenters. The van der Waals surface area contributed by atoms with E-state index in [9.17, 15) is 23.8 Å². The molecule has 2 heterocycles. The monoisotopic (exact) mass is 474 g/mol. The van der Waals surface area contributed by atoms with Gasteiger partial charge in [0.1, 0.15) is 5.75 Å². The summed E-state index contributed by atoms with van der Waals surface area (Å²) in [5.41, 5.74) is 2.19. The van der Waals surface area contributed by atoms with E-state index >= 15 is 0 Å². The van der Waals surface area contributed by atoms with Crippen LogP contribution in [-0.4, -0.2) is 52.0 Å². The minimum Gasteiger partial charge on any atom is -0.508 e. The van der Waals surface area contributed by atoms with Gasteiger partial charge >= 0.3 is 5.97 Å². The van der Waals surface area contributed by atoms with Crippen LogP contribution in [0.15, 0.2) is 35.2 Å². The zero-order chi connectivity index (χ0) is 23.1. The SMILES string of the molecule is O=C(O)c1c(CSc2ccc(F)c(F)c2)n(C2CC2)c2ccc(O)c(CN3CCOCC3)c12. The van der Waals surface area contributed by atoms with Crippen LogP contribution in [0.25, 0.3) is 10.9 Å². The molecule has 0 radical (unpaired) electrons. The zero-order valence-corrected chi connectivity index (χ0v) is 18.7. The summed E-state index contributed by atoms with van der Waals surface area (Å²) in [5, 5.41) is 21.5. The van der Waals surface area contributed by atoms with E-state index < -0.39 is 17.6 Å². The number of morpholine rings is 1. The van der Waals surface area contributed by atoms with Crippen LogP contribution in [0, 0.1) is 11.6 Å². The molecule has 174 valence electrons. The average Bonchev–Trinajstić information content (AvgIpc) is 3.58. The van der Waals surface area contributed by atoms with Crippen molar-refractivity contribution in [3.63, 3.8) is 0 Å². The topological polar surface area (TPSA) is 74.9 Å². The molecule has 2 aromatic carbocycles. The van der Waals surface area contributed by atoms with Gasteiger partial charge in [0.2, 0.25) is 0 Å². The minimum absolute atomic E-state index is 0.0734. The predicted octanol–water partition coefficient (Wildman–Crippen LogP) is 4.78. The van der Waals surface area contributed by atoms with Crippen molar-refractivity contribution in [2.45, 2.75) is 36.1 Å². The number of carboxylic acid groups (broad SMARTS) is 1. The fourth-order valence-corrected chi connectivity index (χ4v) is 5.44. The molecule has 9 heteroatoms. The number of nitrogens with zero attached hydrogens (tertiary/aromatic N) is 2. The highest BCUT2D eigenvalue weighted by atomic mass is 32.2. The Morgan fingerprint density at radius 1 is 1.12 bits per heavy atom. The third-order valence-electron chi connectivity index (χ3n) is 6.23. The Bertz CT molecular complexity index is 1220. The molecular weight excluding hydrogens is 450 g/mol. The summed E-state index contributed by atoms with van der Waals surface area (Å²) in [7, 11) is 0. The van der Waals surface area contributed by atoms with E-state index in [1.165, 1.54) is 17.8 Å². The van der Waals surface area contributed by atoms with E-state index in [1.807, 2.05) is 0 Å². The number of phenolic OH excluding ortho intramolecular Hbond substituents is 1. The number of fused-ring (bicyclic) bond motifs is 1. The lowest BCUT2D eigenvalue weighted by Crippen LogP contribution is -2.35. The molecule has 0 spiro atoms. The molecule has 5 rings (SSSR count). The number of benzene rings is 2. The lowest BCUT2D eigenvalue weighted by Gasteiger charge is -2.27. The maximum absolute atomic E-state index is 13.7. The number of halogens is 2. The number of rotatable bonds is 7. The number of aromatic carboxylic acids is 1. The summed E-state index contributed by atoms with van der Waals surface area (Å²) in [6.45, 7) is 3.04. The summed E-state index contributed by atoms with van der Waals surface area (Å²) in [6.07, 6.45) is 1.90. The molecule has 0 bridgehead atoms. The van der Waals surface area contributed by atoms with Crippen LogP contribution in [-0.2, 0) is 17.0 Å². The van der Waals surface area contributed by atoms with E-state index in [-0.39, 0.29) is 23.1 Å². The molecule has 1 aliphatic carbocycles. The van der Waals surface area contributed by atoms with Crippen LogP contribution < -0.4 is 0 Å². The Morgan fingerprint density at radius 2 is 1.88 bits per heavy atom. The van der Waals surface area contributed by atoms with Gasteiger partial charge in [-0.05, 0) is 43.2 Å². The van der Waals surface area contributed by atoms with Gasteiger partial charge in [-0.15, -0.1) is 11.8 Å². The van der Waals surface area contributed by atoms with Crippen LogP contribution in [0.1, 0.15) is 40.5 Å². The molecule has 3 aromatic rings. The van der Waals surface area contributed by atoms with Gasteiger partial charge in [0, 0.05) is 58.5 Å². The Hall–Kier alpha value is -2.62. The molecule has 1 saturated heterocycles. The van der Waals surface area contributed by atoms with Crippen molar-refractivity contribution in [1.29, 1.82) is 0 Å². The van der Waals surface area contributed by atoms with Crippen molar-refractivity contribution in [2.75, 3.05) is 26.3 Å². The van der Waals surface area contributed by atoms with Gasteiger partial charge in [-0.1, -0.05) is 0 Å². The number of hydrogen-bond acceptors (Lipinski definition) is 5. The standard InChI is InChI=1S/C24H24F2N2O4S/c25-17-4-3-15(11-18(17)26)33-13-20-23(24(30)31)22-16(12-27-7-9-32-10-8-27)21(29)6-5-19(22)28(20)14-1-2-14/h3-6,11,14,29H,1-2,7-10,12-13H2,(H,30,31). The number of phenols is 1. The van der Waals surface area contributed by atoms with Crippen molar-refractivity contribution in [2.24, 2.45) is 0 Å². The normalized spacial score (nSPS) is 17.0. The van der Waals surface area contributed by atoms with E-state index in [0.29, 0.717) is 54.4 Å². The number of hydrogen-bond donors (Lipinski definition) is 2. The lowest BCUT2D eigenvalue weighted by atomic mass is 10.0. The second-order valence-electron chi connectivity index (χ2n) is 8.44. The molecule has 1 aliphatic heterocycles. The largest absolute Gasteiger partial charge is 0.508 e. The van der Waals surface area contributed by atoms with E-state index in [4.69, 9.17) is 4.74 Å². The van der Waals surface area contributed by atoms with Gasteiger partial charge < -0.3 is 19.5 Å². The molecule has 1 saturated carbocycles. The smallest absolute Gasteiger partial charge is 0.338 e. The molecule has 2 fully saturated rings. The Balaban J connectivity index is 1.60. The van der Waals surface area contributed by atoms with Gasteiger partial charge in [0.25, 0.3) is 0 Å². The number of carbonyl (C=O) groups is 1. The van der Waals surface area contributed by atoms with E-state index in [1.54, 1.807) is 12.1 Å². The van der Waals surface area contributed by atoms with Crippen LogP contribution in [0.5, 0.6) is 5.75 Å². The first kappa shape index (κ1) is 22.2. The van der Waals surface area contributed by atoms with Crippen LogP contribution >= 0.6 is 11.8 Å². The highest BCUT2D eigenvalue weighted by Crippen LogP contribution is 2.45. The van der Waals surface area contributed by atoms with E-state index in [2.05, 4.69) is 9.47 Å². The first-order valence-electron chi connectivity index (χ1n) is 10.9. The van der Waals surface area contributed by atoms with Gasteiger partial charge in [0.15, 0.2) is 11.6 Å². The molecule has 0 amide bonds. The minimum atomic E-state index is -1.06. The summed E-state index contributed by atoms with van der Waals surface area (Å²) < 4.78 is 34.5. The highest BCUT2D eigenvalue weighted by molar-refractivity contribution is 7.98. The van der Waals surface area contributed by atoms with Crippen molar-refractivity contribution in [3.8, 4) is 5.75 Å². The molecule has 33 heavy (non-hydrogen) atoms. The van der Waals surface area contributed by atoms with Gasteiger partial charge in [-0.3, -0.25) is 4.90 Å². The second kappa shape index (κ2) is 8.96. The Labute approximate surface area is 193 Å².